The average Bonchev–Trinajstić information content (AvgIpc) is 2.91. The van der Waals surface area contributed by atoms with E-state index in [4.69, 9.17) is 20.9 Å². The Kier molecular flexibility index (Phi) is 10.2. The normalized spacial score (nSPS) is 11.4. The Morgan fingerprint density at radius 2 is 1.38 bits per heavy atom. The highest BCUT2D eigenvalue weighted by atomic mass is 35.5. The largest absolute Gasteiger partial charge is 0.457 e. The van der Waals surface area contributed by atoms with Crippen LogP contribution in [0.4, 0.5) is 0 Å². The van der Waals surface area contributed by atoms with Crippen LogP contribution in [-0.2, 0) is 26.7 Å². The van der Waals surface area contributed by atoms with Crippen LogP contribution in [0.2, 0.25) is 5.02 Å². The molecule has 0 bridgehead atoms. The molecule has 4 aromatic rings. The molecule has 206 valence electrons. The first-order chi connectivity index (χ1) is 18.4. The summed E-state index contributed by atoms with van der Waals surface area (Å²) in [7, 11) is -9.05. The molecule has 0 aliphatic carbocycles. The van der Waals surface area contributed by atoms with Crippen LogP contribution < -0.4 is 4.74 Å². The number of benzene rings is 4. The second-order valence-corrected chi connectivity index (χ2v) is 12.3. The Hall–Kier alpha value is -2.86. The van der Waals surface area contributed by atoms with Gasteiger partial charge in [-0.15, -0.1) is 0 Å². The molecule has 0 fully saturated rings. The van der Waals surface area contributed by atoms with E-state index in [1.165, 1.54) is 47.7 Å². The molecule has 0 radical (unpaired) electrons. The van der Waals surface area contributed by atoms with Gasteiger partial charge in [-0.25, -0.2) is 0 Å². The van der Waals surface area contributed by atoms with E-state index in [0.717, 1.165) is 28.3 Å². The molecular weight excluding hydrogens is 580 g/mol. The number of ether oxygens (including phenoxy) is 1. The molecule has 2 N–H and O–H groups in total. The summed E-state index contributed by atoms with van der Waals surface area (Å²) in [6.07, 6.45) is 0.901. The van der Waals surface area contributed by atoms with Crippen molar-refractivity contribution in [3.8, 4) is 22.6 Å². The Balaban J connectivity index is 0.00000205. The van der Waals surface area contributed by atoms with Crippen LogP contribution >= 0.6 is 23.4 Å². The van der Waals surface area contributed by atoms with Crippen molar-refractivity contribution in [2.75, 3.05) is 0 Å². The minimum absolute atomic E-state index is 0.134. The summed E-state index contributed by atoms with van der Waals surface area (Å²) in [6.45, 7) is 6.07. The van der Waals surface area contributed by atoms with Gasteiger partial charge in [0.25, 0.3) is 20.2 Å². The third-order valence-corrected chi connectivity index (χ3v) is 8.65. The molecule has 0 saturated heterocycles. The van der Waals surface area contributed by atoms with E-state index in [1.807, 2.05) is 44.2 Å². The fourth-order valence-corrected chi connectivity index (χ4v) is 5.85. The standard InChI is InChI=1S/C26H21ClO7S3.C2H6/c1-2-17-3-14-24(27)25(15-17)35-21-9-6-19(7-10-21)34-20-8-13-23(26(16-20)37(31,32)33)18-4-11-22(12-5-18)36(28,29)30;1-2/h3-16H,2H2,1H3,(H,28,29,30)(H,31,32,33);1-2H3. The number of hydrogen-bond donors (Lipinski definition) is 2. The average molecular weight is 607 g/mol. The topological polar surface area (TPSA) is 118 Å². The van der Waals surface area contributed by atoms with Gasteiger partial charge >= 0.3 is 0 Å². The van der Waals surface area contributed by atoms with E-state index in [2.05, 4.69) is 6.92 Å². The molecule has 0 saturated carbocycles. The van der Waals surface area contributed by atoms with Crippen LogP contribution in [0.3, 0.4) is 0 Å². The summed E-state index contributed by atoms with van der Waals surface area (Å²) in [5, 5.41) is 0.660. The molecule has 0 spiro atoms. The lowest BCUT2D eigenvalue weighted by Crippen LogP contribution is -2.02. The number of aryl methyl sites for hydroxylation is 1. The minimum atomic E-state index is -4.65. The predicted octanol–water partition coefficient (Wildman–Crippen LogP) is 8.03. The van der Waals surface area contributed by atoms with Crippen LogP contribution in [0.5, 0.6) is 11.5 Å². The lowest BCUT2D eigenvalue weighted by Gasteiger charge is -2.12. The zero-order chi connectivity index (χ0) is 28.8. The lowest BCUT2D eigenvalue weighted by atomic mass is 10.1. The highest BCUT2D eigenvalue weighted by Crippen LogP contribution is 2.36. The third-order valence-electron chi connectivity index (χ3n) is 5.39. The van der Waals surface area contributed by atoms with Crippen molar-refractivity contribution in [2.45, 2.75) is 46.8 Å². The lowest BCUT2D eigenvalue weighted by molar-refractivity contribution is 0.471. The Bertz CT molecular complexity index is 1650. The van der Waals surface area contributed by atoms with Crippen LogP contribution in [-0.4, -0.2) is 25.9 Å². The van der Waals surface area contributed by atoms with Gasteiger partial charge in [-0.1, -0.05) is 62.3 Å². The fraction of sp³-hybridized carbons (Fsp3) is 0.143. The summed E-state index contributed by atoms with van der Waals surface area (Å²) in [5.74, 6) is 0.620. The van der Waals surface area contributed by atoms with Gasteiger partial charge in [-0.05, 0) is 78.2 Å². The molecule has 0 aromatic heterocycles. The van der Waals surface area contributed by atoms with Crippen LogP contribution in [0, 0.1) is 0 Å². The summed E-state index contributed by atoms with van der Waals surface area (Å²) in [5.41, 5.74) is 1.63. The predicted molar refractivity (Wildman–Crippen MR) is 154 cm³/mol. The molecule has 0 heterocycles. The first-order valence-corrected chi connectivity index (χ1v) is 15.9. The van der Waals surface area contributed by atoms with Gasteiger partial charge in [-0.2, -0.15) is 16.8 Å². The van der Waals surface area contributed by atoms with Crippen molar-refractivity contribution >= 4 is 43.6 Å². The smallest absolute Gasteiger partial charge is 0.295 e. The summed E-state index contributed by atoms with van der Waals surface area (Å²) >= 11 is 7.84. The summed E-state index contributed by atoms with van der Waals surface area (Å²) < 4.78 is 71.5. The van der Waals surface area contributed by atoms with Crippen molar-refractivity contribution in [2.24, 2.45) is 0 Å². The second kappa shape index (κ2) is 13.0. The van der Waals surface area contributed by atoms with Crippen LogP contribution in [0.25, 0.3) is 11.1 Å². The summed E-state index contributed by atoms with van der Waals surface area (Å²) in [4.78, 5) is 1.12. The maximum Gasteiger partial charge on any atom is 0.295 e. The first-order valence-electron chi connectivity index (χ1n) is 11.9. The van der Waals surface area contributed by atoms with Crippen LogP contribution in [0.15, 0.2) is 105 Å². The van der Waals surface area contributed by atoms with E-state index in [9.17, 15) is 21.4 Å². The van der Waals surface area contributed by atoms with E-state index in [1.54, 1.807) is 12.1 Å². The van der Waals surface area contributed by atoms with Gasteiger partial charge in [0.05, 0.1) is 9.92 Å². The number of rotatable bonds is 8. The van der Waals surface area contributed by atoms with Gasteiger partial charge < -0.3 is 4.74 Å². The van der Waals surface area contributed by atoms with Crippen molar-refractivity contribution in [3.63, 3.8) is 0 Å². The molecule has 0 atom stereocenters. The highest BCUT2D eigenvalue weighted by Gasteiger charge is 2.19. The number of hydrogen-bond acceptors (Lipinski definition) is 6. The number of halogens is 1. The molecule has 0 unspecified atom stereocenters. The van der Waals surface area contributed by atoms with Crippen molar-refractivity contribution in [3.05, 3.63) is 95.5 Å². The zero-order valence-electron chi connectivity index (χ0n) is 21.3. The Morgan fingerprint density at radius 1 is 0.769 bits per heavy atom. The molecule has 11 heteroatoms. The molecule has 0 aliphatic rings. The Morgan fingerprint density at radius 3 is 1.95 bits per heavy atom. The molecular formula is C28H27ClO7S3. The van der Waals surface area contributed by atoms with E-state index in [0.29, 0.717) is 16.3 Å². The minimum Gasteiger partial charge on any atom is -0.457 e. The van der Waals surface area contributed by atoms with Gasteiger partial charge in [0.1, 0.15) is 16.4 Å². The first kappa shape index (κ1) is 30.7. The van der Waals surface area contributed by atoms with Crippen molar-refractivity contribution in [1.29, 1.82) is 0 Å². The van der Waals surface area contributed by atoms with Crippen LogP contribution in [0.1, 0.15) is 26.3 Å². The van der Waals surface area contributed by atoms with Gasteiger partial charge in [0.15, 0.2) is 0 Å². The zero-order valence-corrected chi connectivity index (χ0v) is 24.5. The quantitative estimate of drug-likeness (QED) is 0.193. The Labute approximate surface area is 238 Å². The maximum atomic E-state index is 12.1. The molecule has 39 heavy (non-hydrogen) atoms. The van der Waals surface area contributed by atoms with Gasteiger partial charge in [0, 0.05) is 21.4 Å². The van der Waals surface area contributed by atoms with E-state index < -0.39 is 25.1 Å². The van der Waals surface area contributed by atoms with E-state index >= 15 is 0 Å². The SMILES string of the molecule is CC.CCc1ccc(Cl)c(Sc2ccc(Oc3ccc(-c4ccc(S(=O)(=O)O)cc4)c(S(=O)(=O)O)c3)cc2)c1. The monoisotopic (exact) mass is 606 g/mol. The second-order valence-electron chi connectivity index (χ2n) is 7.93. The van der Waals surface area contributed by atoms with Gasteiger partial charge in [-0.3, -0.25) is 9.11 Å². The molecule has 4 aromatic carbocycles. The van der Waals surface area contributed by atoms with Crippen molar-refractivity contribution in [1.82, 2.24) is 0 Å². The third kappa shape index (κ3) is 8.07. The van der Waals surface area contributed by atoms with Gasteiger partial charge in [0.2, 0.25) is 0 Å². The highest BCUT2D eigenvalue weighted by molar-refractivity contribution is 7.99. The summed E-state index contributed by atoms with van der Waals surface area (Å²) in [6, 6.07) is 22.1. The van der Waals surface area contributed by atoms with E-state index in [-0.39, 0.29) is 16.2 Å². The molecule has 4 rings (SSSR count). The molecule has 0 amide bonds. The molecule has 7 nitrogen and oxygen atoms in total. The fourth-order valence-electron chi connectivity index (χ4n) is 3.51. The van der Waals surface area contributed by atoms with Crippen molar-refractivity contribution < 1.29 is 30.7 Å². The maximum absolute atomic E-state index is 12.1. The molecule has 0 aliphatic heterocycles.